The zero-order valence-electron chi connectivity index (χ0n) is 12.3. The average molecular weight is 233 g/mol. The zero-order valence-corrected chi connectivity index (χ0v) is 12.3. The molecular weight excluding hydrogens is 206 g/mol. The molecule has 0 radical (unpaired) electrons. The van der Waals surface area contributed by atoms with Gasteiger partial charge in [0.15, 0.2) is 0 Å². The van der Waals surface area contributed by atoms with Gasteiger partial charge in [-0.25, -0.2) is 0 Å². The highest BCUT2D eigenvalue weighted by molar-refractivity contribution is 5.22. The first-order chi connectivity index (χ1) is 7.83. The second kappa shape index (κ2) is 5.20. The molecule has 1 rings (SSSR count). The van der Waals surface area contributed by atoms with Crippen LogP contribution in [-0.4, -0.2) is 4.98 Å². The second-order valence-corrected chi connectivity index (χ2v) is 6.28. The highest BCUT2D eigenvalue weighted by atomic mass is 14.8. The molecule has 0 saturated heterocycles. The molecule has 1 nitrogen and oxygen atoms in total. The third kappa shape index (κ3) is 3.31. The number of pyridine rings is 1. The molecule has 96 valence electrons. The summed E-state index contributed by atoms with van der Waals surface area (Å²) in [5, 5.41) is 0. The Kier molecular flexibility index (Phi) is 4.35. The van der Waals surface area contributed by atoms with Crippen LogP contribution >= 0.6 is 0 Å². The summed E-state index contributed by atoms with van der Waals surface area (Å²) in [5.41, 5.74) is 2.83. The predicted molar refractivity (Wildman–Crippen MR) is 75.5 cm³/mol. The molecule has 0 spiro atoms. The first kappa shape index (κ1) is 14.2. The van der Waals surface area contributed by atoms with Gasteiger partial charge < -0.3 is 0 Å². The normalized spacial score (nSPS) is 12.8. The number of hydrogen-bond acceptors (Lipinski definition) is 1. The maximum Gasteiger partial charge on any atom is 0.0463 e. The smallest absolute Gasteiger partial charge is 0.0463 e. The lowest BCUT2D eigenvalue weighted by Crippen LogP contribution is -2.23. The van der Waals surface area contributed by atoms with Crippen LogP contribution in [0.2, 0.25) is 0 Å². The van der Waals surface area contributed by atoms with Gasteiger partial charge in [-0.1, -0.05) is 54.0 Å². The number of aromatic nitrogens is 1. The van der Waals surface area contributed by atoms with Gasteiger partial charge in [-0.15, -0.1) is 0 Å². The summed E-state index contributed by atoms with van der Waals surface area (Å²) >= 11 is 0. The van der Waals surface area contributed by atoms with Crippen molar-refractivity contribution in [1.29, 1.82) is 0 Å². The van der Waals surface area contributed by atoms with Crippen molar-refractivity contribution in [3.05, 3.63) is 29.6 Å². The van der Waals surface area contributed by atoms with E-state index in [1.807, 2.05) is 0 Å². The monoisotopic (exact) mass is 233 g/mol. The summed E-state index contributed by atoms with van der Waals surface area (Å²) in [6, 6.07) is 6.49. The standard InChI is InChI=1S/C16H27N/c1-7-12-16(5,6)14-11-9-10-13(17-14)15(3,4)8-2/h9-11H,7-8,12H2,1-6H3. The van der Waals surface area contributed by atoms with Crippen LogP contribution in [0.15, 0.2) is 18.2 Å². The molecule has 0 N–H and O–H groups in total. The van der Waals surface area contributed by atoms with E-state index in [0.717, 1.165) is 6.42 Å². The fourth-order valence-electron chi connectivity index (χ4n) is 2.12. The quantitative estimate of drug-likeness (QED) is 0.708. The van der Waals surface area contributed by atoms with E-state index < -0.39 is 0 Å². The van der Waals surface area contributed by atoms with Gasteiger partial charge >= 0.3 is 0 Å². The van der Waals surface area contributed by atoms with Crippen molar-refractivity contribution in [2.24, 2.45) is 0 Å². The van der Waals surface area contributed by atoms with Crippen LogP contribution in [0.5, 0.6) is 0 Å². The van der Waals surface area contributed by atoms with Gasteiger partial charge in [-0.2, -0.15) is 0 Å². The molecule has 0 unspecified atom stereocenters. The van der Waals surface area contributed by atoms with Crippen LogP contribution in [0.4, 0.5) is 0 Å². The Labute approximate surface area is 107 Å². The molecule has 1 heteroatoms. The Balaban J connectivity index is 3.09. The van der Waals surface area contributed by atoms with Crippen LogP contribution in [0.25, 0.3) is 0 Å². The van der Waals surface area contributed by atoms with Gasteiger partial charge in [0.05, 0.1) is 0 Å². The Morgan fingerprint density at radius 2 is 1.47 bits per heavy atom. The van der Waals surface area contributed by atoms with Gasteiger partial charge in [0, 0.05) is 22.2 Å². The van der Waals surface area contributed by atoms with Crippen molar-refractivity contribution < 1.29 is 0 Å². The first-order valence-corrected chi connectivity index (χ1v) is 6.81. The third-order valence-corrected chi connectivity index (χ3v) is 3.89. The molecule has 1 aromatic heterocycles. The van der Waals surface area contributed by atoms with Crippen molar-refractivity contribution in [1.82, 2.24) is 4.98 Å². The molecule has 0 atom stereocenters. The van der Waals surface area contributed by atoms with Crippen LogP contribution in [-0.2, 0) is 10.8 Å². The minimum Gasteiger partial charge on any atom is -0.257 e. The highest BCUT2D eigenvalue weighted by Gasteiger charge is 2.24. The summed E-state index contributed by atoms with van der Waals surface area (Å²) in [5.74, 6) is 0. The summed E-state index contributed by atoms with van der Waals surface area (Å²) in [6.45, 7) is 13.6. The molecule has 1 heterocycles. The maximum atomic E-state index is 4.91. The Morgan fingerprint density at radius 1 is 0.941 bits per heavy atom. The number of rotatable bonds is 5. The van der Waals surface area contributed by atoms with Gasteiger partial charge in [-0.05, 0) is 25.0 Å². The molecule has 0 amide bonds. The largest absolute Gasteiger partial charge is 0.257 e. The third-order valence-electron chi connectivity index (χ3n) is 3.89. The number of hydrogen-bond donors (Lipinski definition) is 0. The predicted octanol–water partition coefficient (Wildman–Crippen LogP) is 4.85. The fourth-order valence-corrected chi connectivity index (χ4v) is 2.12. The molecule has 0 fully saturated rings. The molecule has 0 saturated carbocycles. The topological polar surface area (TPSA) is 12.9 Å². The van der Waals surface area contributed by atoms with Gasteiger partial charge in [0.2, 0.25) is 0 Å². The van der Waals surface area contributed by atoms with Crippen LogP contribution < -0.4 is 0 Å². The Morgan fingerprint density at radius 3 is 1.94 bits per heavy atom. The van der Waals surface area contributed by atoms with Crippen molar-refractivity contribution in [3.63, 3.8) is 0 Å². The molecule has 0 aromatic carbocycles. The molecule has 1 aromatic rings. The zero-order chi connectivity index (χ0) is 13.1. The molecule has 0 aliphatic rings. The summed E-state index contributed by atoms with van der Waals surface area (Å²) < 4.78 is 0. The van der Waals surface area contributed by atoms with Gasteiger partial charge in [0.1, 0.15) is 0 Å². The maximum absolute atomic E-state index is 4.91. The summed E-state index contributed by atoms with van der Waals surface area (Å²) in [6.07, 6.45) is 3.52. The summed E-state index contributed by atoms with van der Waals surface area (Å²) in [7, 11) is 0. The molecule has 0 bridgehead atoms. The lowest BCUT2D eigenvalue weighted by Gasteiger charge is -2.27. The van der Waals surface area contributed by atoms with Crippen LogP contribution in [0.3, 0.4) is 0 Å². The van der Waals surface area contributed by atoms with Crippen molar-refractivity contribution in [2.45, 2.75) is 71.6 Å². The molecule has 0 aliphatic heterocycles. The Hall–Kier alpha value is -0.850. The van der Waals surface area contributed by atoms with E-state index in [-0.39, 0.29) is 10.8 Å². The Bertz CT molecular complexity index is 364. The second-order valence-electron chi connectivity index (χ2n) is 6.28. The number of nitrogens with zero attached hydrogens (tertiary/aromatic N) is 1. The molecule has 17 heavy (non-hydrogen) atoms. The fraction of sp³-hybridized carbons (Fsp3) is 0.688. The lowest BCUT2D eigenvalue weighted by atomic mass is 9.82. The van der Waals surface area contributed by atoms with E-state index in [9.17, 15) is 0 Å². The van der Waals surface area contributed by atoms with Crippen molar-refractivity contribution in [3.8, 4) is 0 Å². The van der Waals surface area contributed by atoms with E-state index in [0.29, 0.717) is 0 Å². The van der Waals surface area contributed by atoms with E-state index in [1.165, 1.54) is 24.2 Å². The lowest BCUT2D eigenvalue weighted by molar-refractivity contribution is 0.442. The first-order valence-electron chi connectivity index (χ1n) is 6.81. The van der Waals surface area contributed by atoms with Gasteiger partial charge in [0.25, 0.3) is 0 Å². The van der Waals surface area contributed by atoms with E-state index >= 15 is 0 Å². The highest BCUT2D eigenvalue weighted by Crippen LogP contribution is 2.30. The SMILES string of the molecule is CCCC(C)(C)c1cccc(C(C)(C)CC)n1. The van der Waals surface area contributed by atoms with E-state index in [1.54, 1.807) is 0 Å². The van der Waals surface area contributed by atoms with Crippen molar-refractivity contribution in [2.75, 3.05) is 0 Å². The minimum atomic E-state index is 0.179. The van der Waals surface area contributed by atoms with E-state index in [2.05, 4.69) is 59.7 Å². The average Bonchev–Trinajstić information content (AvgIpc) is 2.29. The van der Waals surface area contributed by atoms with Crippen LogP contribution in [0.1, 0.15) is 72.2 Å². The summed E-state index contributed by atoms with van der Waals surface area (Å²) in [4.78, 5) is 4.91. The van der Waals surface area contributed by atoms with Crippen molar-refractivity contribution >= 4 is 0 Å². The minimum absolute atomic E-state index is 0.179. The van der Waals surface area contributed by atoms with Crippen LogP contribution in [0, 0.1) is 0 Å². The van der Waals surface area contributed by atoms with E-state index in [4.69, 9.17) is 4.98 Å². The molecule has 0 aliphatic carbocycles. The molecular formula is C16H27N. The van der Waals surface area contributed by atoms with Gasteiger partial charge in [-0.3, -0.25) is 4.98 Å².